The molecule has 26 heavy (non-hydrogen) atoms. The number of rotatable bonds is 2. The number of carbonyl (C=O) groups is 1. The van der Waals surface area contributed by atoms with Gasteiger partial charge < -0.3 is 19.8 Å². The molecule has 0 spiro atoms. The molecule has 2 aliphatic heterocycles. The Morgan fingerprint density at radius 3 is 3.12 bits per heavy atom. The quantitative estimate of drug-likeness (QED) is 0.715. The summed E-state index contributed by atoms with van der Waals surface area (Å²) in [4.78, 5) is 36.9. The lowest BCUT2D eigenvalue weighted by molar-refractivity contribution is -0.127. The highest BCUT2D eigenvalue weighted by molar-refractivity contribution is 8.04. The lowest BCUT2D eigenvalue weighted by Crippen LogP contribution is -2.38. The van der Waals surface area contributed by atoms with Gasteiger partial charge in [-0.1, -0.05) is 0 Å². The molecule has 0 atom stereocenters. The van der Waals surface area contributed by atoms with E-state index in [1.165, 1.54) is 0 Å². The van der Waals surface area contributed by atoms with Crippen molar-refractivity contribution in [3.63, 3.8) is 0 Å². The number of nitrogens with zero attached hydrogens (tertiary/aromatic N) is 5. The van der Waals surface area contributed by atoms with Crippen LogP contribution in [0.1, 0.15) is 11.4 Å². The minimum atomic E-state index is 0.0688. The molecule has 8 nitrogen and oxygen atoms in total. The second-order valence-corrected chi connectivity index (χ2v) is 7.41. The first-order valence-corrected chi connectivity index (χ1v) is 9.48. The summed E-state index contributed by atoms with van der Waals surface area (Å²) in [6.45, 7) is 2.09. The Morgan fingerprint density at radius 1 is 1.19 bits per heavy atom. The number of H-pyrrole nitrogens is 2. The van der Waals surface area contributed by atoms with E-state index in [0.29, 0.717) is 13.1 Å². The minimum Gasteiger partial charge on any atom is -0.347 e. The van der Waals surface area contributed by atoms with Crippen molar-refractivity contribution >= 4 is 34.5 Å². The van der Waals surface area contributed by atoms with Gasteiger partial charge in [0, 0.05) is 37.7 Å². The van der Waals surface area contributed by atoms with Crippen LogP contribution in [0.2, 0.25) is 0 Å². The monoisotopic (exact) mass is 367 g/mol. The van der Waals surface area contributed by atoms with Gasteiger partial charge in [0.2, 0.25) is 0 Å². The Kier molecular flexibility index (Phi) is 3.66. The van der Waals surface area contributed by atoms with E-state index in [2.05, 4.69) is 24.9 Å². The molecule has 1 amide bonds. The molecule has 2 N–H and O–H groups in total. The van der Waals surface area contributed by atoms with Gasteiger partial charge in [-0.05, 0) is 6.07 Å². The number of amides is 1. The van der Waals surface area contributed by atoms with E-state index >= 15 is 0 Å². The summed E-state index contributed by atoms with van der Waals surface area (Å²) < 4.78 is 0. The maximum absolute atomic E-state index is 13.0. The number of aromatic nitrogens is 5. The van der Waals surface area contributed by atoms with Gasteiger partial charge in [0.15, 0.2) is 0 Å². The first-order chi connectivity index (χ1) is 12.8. The van der Waals surface area contributed by atoms with Crippen LogP contribution in [-0.2, 0) is 17.8 Å². The van der Waals surface area contributed by atoms with Crippen LogP contribution in [0, 0.1) is 0 Å². The largest absolute Gasteiger partial charge is 0.347 e. The van der Waals surface area contributed by atoms with Gasteiger partial charge in [0.05, 0.1) is 34.6 Å². The predicted molar refractivity (Wildman–Crippen MR) is 99.5 cm³/mol. The number of hydrogen-bond acceptors (Lipinski definition) is 6. The number of fused-ring (bicyclic) bond motifs is 2. The smallest absolute Gasteiger partial charge is 0.262 e. The van der Waals surface area contributed by atoms with Crippen molar-refractivity contribution in [2.24, 2.45) is 0 Å². The highest BCUT2D eigenvalue weighted by Crippen LogP contribution is 2.30. The van der Waals surface area contributed by atoms with Crippen LogP contribution < -0.4 is 4.90 Å². The summed E-state index contributed by atoms with van der Waals surface area (Å²) >= 11 is 1.61. The van der Waals surface area contributed by atoms with Crippen LogP contribution in [0.4, 0.5) is 5.82 Å². The molecule has 0 saturated carbocycles. The zero-order chi connectivity index (χ0) is 17.5. The number of imidazole rings is 1. The van der Waals surface area contributed by atoms with Crippen LogP contribution in [0.3, 0.4) is 0 Å². The summed E-state index contributed by atoms with van der Waals surface area (Å²) in [5.74, 6) is 1.74. The van der Waals surface area contributed by atoms with Gasteiger partial charge in [-0.2, -0.15) is 0 Å². The van der Waals surface area contributed by atoms with Gasteiger partial charge >= 0.3 is 0 Å². The van der Waals surface area contributed by atoms with E-state index < -0.39 is 0 Å². The molecule has 0 aliphatic carbocycles. The van der Waals surface area contributed by atoms with Crippen LogP contribution in [0.15, 0.2) is 36.0 Å². The van der Waals surface area contributed by atoms with Crippen LogP contribution in [0.25, 0.3) is 11.0 Å². The molecule has 0 bridgehead atoms. The highest BCUT2D eigenvalue weighted by Gasteiger charge is 2.27. The fourth-order valence-electron chi connectivity index (χ4n) is 3.41. The number of carbonyl (C=O) groups excluding carboxylic acids is 1. The number of anilines is 1. The van der Waals surface area contributed by atoms with E-state index in [1.807, 2.05) is 28.3 Å². The van der Waals surface area contributed by atoms with Crippen LogP contribution in [-0.4, -0.2) is 54.6 Å². The molecule has 0 radical (unpaired) electrons. The third kappa shape index (κ3) is 2.55. The molecule has 2 aliphatic rings. The number of hydrogen-bond donors (Lipinski definition) is 2. The summed E-state index contributed by atoms with van der Waals surface area (Å²) in [6.07, 6.45) is 7.82. The topological polar surface area (TPSA) is 93.8 Å². The fraction of sp³-hybridized carbons (Fsp3) is 0.294. The Morgan fingerprint density at radius 2 is 2.15 bits per heavy atom. The van der Waals surface area contributed by atoms with Crippen molar-refractivity contribution < 1.29 is 4.79 Å². The van der Waals surface area contributed by atoms with Crippen LogP contribution in [0.5, 0.6) is 0 Å². The predicted octanol–water partition coefficient (Wildman–Crippen LogP) is 1.66. The number of thioether (sulfide) groups is 1. The van der Waals surface area contributed by atoms with E-state index in [1.54, 1.807) is 24.4 Å². The third-order valence-electron chi connectivity index (χ3n) is 4.74. The second-order valence-electron chi connectivity index (χ2n) is 6.28. The van der Waals surface area contributed by atoms with E-state index in [-0.39, 0.29) is 5.91 Å². The van der Waals surface area contributed by atoms with E-state index in [9.17, 15) is 4.79 Å². The molecular formula is C17H17N7OS. The molecular weight excluding hydrogens is 350 g/mol. The van der Waals surface area contributed by atoms with Gasteiger partial charge in [-0.25, -0.2) is 15.0 Å². The van der Waals surface area contributed by atoms with Gasteiger partial charge in [-0.3, -0.25) is 4.79 Å². The molecule has 0 unspecified atom stereocenters. The molecule has 0 saturated heterocycles. The first-order valence-electron chi connectivity index (χ1n) is 8.49. The molecule has 5 heterocycles. The van der Waals surface area contributed by atoms with Crippen molar-refractivity contribution in [1.29, 1.82) is 0 Å². The molecule has 9 heteroatoms. The Bertz CT molecular complexity index is 1010. The average Bonchev–Trinajstić information content (AvgIpc) is 3.35. The SMILES string of the molecule is O=C(C1=CN(c2ncnc3[nH]ccc23)CCS1)N1CCc2nc[nH]c2C1. The fourth-order valence-corrected chi connectivity index (χ4v) is 4.37. The zero-order valence-electron chi connectivity index (χ0n) is 14.0. The van der Waals surface area contributed by atoms with E-state index in [4.69, 9.17) is 0 Å². The zero-order valence-corrected chi connectivity index (χ0v) is 14.8. The molecule has 3 aromatic rings. The maximum Gasteiger partial charge on any atom is 0.262 e. The number of nitrogens with one attached hydrogen (secondary N) is 2. The summed E-state index contributed by atoms with van der Waals surface area (Å²) in [5.41, 5.74) is 2.90. The summed E-state index contributed by atoms with van der Waals surface area (Å²) in [5, 5.41) is 0.961. The lowest BCUT2D eigenvalue weighted by Gasteiger charge is -2.30. The molecule has 3 aromatic heterocycles. The van der Waals surface area contributed by atoms with Crippen LogP contribution >= 0.6 is 11.8 Å². The van der Waals surface area contributed by atoms with E-state index in [0.717, 1.165) is 51.9 Å². The molecule has 5 rings (SSSR count). The normalized spacial score (nSPS) is 17.3. The second kappa shape index (κ2) is 6.17. The summed E-state index contributed by atoms with van der Waals surface area (Å²) in [6, 6.07) is 1.96. The molecule has 132 valence electrons. The average molecular weight is 367 g/mol. The Hall–Kier alpha value is -2.81. The number of aromatic amines is 2. The van der Waals surface area contributed by atoms with Gasteiger partial charge in [0.1, 0.15) is 17.8 Å². The molecule has 0 fully saturated rings. The highest BCUT2D eigenvalue weighted by atomic mass is 32.2. The van der Waals surface area contributed by atoms with Crippen molar-refractivity contribution in [2.45, 2.75) is 13.0 Å². The summed E-state index contributed by atoms with van der Waals surface area (Å²) in [7, 11) is 0. The Balaban J connectivity index is 1.42. The minimum absolute atomic E-state index is 0.0688. The lowest BCUT2D eigenvalue weighted by atomic mass is 10.1. The Labute approximate surface area is 153 Å². The third-order valence-corrected chi connectivity index (χ3v) is 5.72. The van der Waals surface area contributed by atoms with Crippen molar-refractivity contribution in [2.75, 3.05) is 23.7 Å². The van der Waals surface area contributed by atoms with Gasteiger partial charge in [-0.15, -0.1) is 11.8 Å². The first kappa shape index (κ1) is 15.4. The maximum atomic E-state index is 13.0. The van der Waals surface area contributed by atoms with Crippen molar-refractivity contribution in [1.82, 2.24) is 29.8 Å². The molecule has 0 aromatic carbocycles. The van der Waals surface area contributed by atoms with Crippen molar-refractivity contribution in [3.05, 3.63) is 47.4 Å². The standard InChI is InChI=1S/C17H17N7OS/c25-17(24-4-2-12-13(7-24)20-9-19-12)14-8-23(5-6-26-14)16-11-1-3-18-15(11)21-10-22-16/h1,3,8-10H,2,4-7H2,(H,19,20)(H,18,21,22). The van der Waals surface area contributed by atoms with Gasteiger partial charge in [0.25, 0.3) is 5.91 Å². The van der Waals surface area contributed by atoms with Crippen molar-refractivity contribution in [3.8, 4) is 0 Å².